The fourth-order valence-corrected chi connectivity index (χ4v) is 3.29. The molecule has 1 aromatic rings. The highest BCUT2D eigenvalue weighted by molar-refractivity contribution is 7.89. The summed E-state index contributed by atoms with van der Waals surface area (Å²) in [6, 6.07) is 0. The molecule has 0 atom stereocenters. The number of aliphatic hydroxyl groups is 1. The monoisotopic (exact) mass is 276 g/mol. The zero-order valence-electron chi connectivity index (χ0n) is 11.3. The maximum absolute atomic E-state index is 12.5. The van der Waals surface area contributed by atoms with Crippen LogP contribution in [0.1, 0.15) is 19.5 Å². The fourth-order valence-electron chi connectivity index (χ4n) is 1.49. The van der Waals surface area contributed by atoms with Crippen molar-refractivity contribution < 1.29 is 13.5 Å². The summed E-state index contributed by atoms with van der Waals surface area (Å²) in [6.45, 7) is 4.61. The lowest BCUT2D eigenvalue weighted by Crippen LogP contribution is -2.47. The van der Waals surface area contributed by atoms with Gasteiger partial charge in [-0.3, -0.25) is 4.68 Å². The predicted molar refractivity (Wildman–Crippen MR) is 68.5 cm³/mol. The Morgan fingerprint density at radius 1 is 1.50 bits per heavy atom. The van der Waals surface area contributed by atoms with Crippen molar-refractivity contribution in [3.05, 3.63) is 5.69 Å². The SMILES string of the molecule is Cc1c(S(=O)(=O)N(C)C(C)(C)CO)c(N)nn1C. The number of nitrogens with zero attached hydrogens (tertiary/aromatic N) is 3. The second-order valence-corrected chi connectivity index (χ2v) is 6.77. The quantitative estimate of drug-likeness (QED) is 0.786. The molecule has 3 N–H and O–H groups in total. The molecule has 0 aliphatic carbocycles. The number of aliphatic hydroxyl groups excluding tert-OH is 1. The van der Waals surface area contributed by atoms with E-state index in [0.717, 1.165) is 4.31 Å². The van der Waals surface area contributed by atoms with Crippen LogP contribution in [0.5, 0.6) is 0 Å². The highest BCUT2D eigenvalue weighted by Crippen LogP contribution is 2.28. The maximum atomic E-state index is 12.5. The van der Waals surface area contributed by atoms with Gasteiger partial charge in [0.1, 0.15) is 4.90 Å². The molecule has 1 heterocycles. The first kappa shape index (κ1) is 14.9. The molecule has 0 fully saturated rings. The van der Waals surface area contributed by atoms with E-state index in [1.54, 1.807) is 27.8 Å². The molecule has 0 aliphatic rings. The summed E-state index contributed by atoms with van der Waals surface area (Å²) < 4.78 is 27.5. The van der Waals surface area contributed by atoms with Crippen molar-refractivity contribution in [1.82, 2.24) is 14.1 Å². The number of sulfonamides is 1. The topological polar surface area (TPSA) is 101 Å². The number of hydrogen-bond donors (Lipinski definition) is 2. The number of rotatable bonds is 4. The van der Waals surface area contributed by atoms with Crippen molar-refractivity contribution in [2.24, 2.45) is 7.05 Å². The van der Waals surface area contributed by atoms with Gasteiger partial charge in [-0.25, -0.2) is 8.42 Å². The minimum absolute atomic E-state index is 0.00553. The van der Waals surface area contributed by atoms with Gasteiger partial charge in [0.15, 0.2) is 5.82 Å². The van der Waals surface area contributed by atoms with Gasteiger partial charge < -0.3 is 10.8 Å². The summed E-state index contributed by atoms with van der Waals surface area (Å²) in [4.78, 5) is -0.00553. The number of anilines is 1. The largest absolute Gasteiger partial charge is 0.394 e. The standard InChI is InChI=1S/C10H20N4O3S/c1-7-8(9(11)12-13(7)4)18(16,17)14(5)10(2,3)6-15/h15H,6H2,1-5H3,(H2,11,12). The van der Waals surface area contributed by atoms with Crippen LogP contribution in [-0.4, -0.2) is 46.8 Å². The normalized spacial score (nSPS) is 13.3. The van der Waals surface area contributed by atoms with Crippen LogP contribution in [0.15, 0.2) is 4.90 Å². The minimum atomic E-state index is -3.78. The Morgan fingerprint density at radius 3 is 2.33 bits per heavy atom. The van der Waals surface area contributed by atoms with E-state index in [9.17, 15) is 13.5 Å². The first-order valence-corrected chi connectivity index (χ1v) is 6.88. The number of nitrogen functional groups attached to an aromatic ring is 1. The Bertz CT molecular complexity index is 548. The lowest BCUT2D eigenvalue weighted by Gasteiger charge is -2.32. The molecule has 0 aliphatic heterocycles. The highest BCUT2D eigenvalue weighted by Gasteiger charge is 2.37. The second-order valence-electron chi connectivity index (χ2n) is 4.87. The van der Waals surface area contributed by atoms with Gasteiger partial charge in [-0.15, -0.1) is 0 Å². The zero-order chi connectivity index (χ0) is 14.3. The van der Waals surface area contributed by atoms with Crippen LogP contribution < -0.4 is 5.73 Å². The molecule has 1 aromatic heterocycles. The summed E-state index contributed by atoms with van der Waals surface area (Å²) in [7, 11) is -0.743. The number of hydrogen-bond acceptors (Lipinski definition) is 5. The molecular formula is C10H20N4O3S. The Hall–Kier alpha value is -1.12. The second kappa shape index (κ2) is 4.52. The van der Waals surface area contributed by atoms with Gasteiger partial charge in [-0.2, -0.15) is 9.40 Å². The Morgan fingerprint density at radius 2 is 2.00 bits per heavy atom. The molecule has 0 amide bonds. The first-order chi connectivity index (χ1) is 8.05. The third-order valence-corrected chi connectivity index (χ3v) is 5.40. The molecule has 0 saturated heterocycles. The summed E-state index contributed by atoms with van der Waals surface area (Å²) in [6.07, 6.45) is 0. The van der Waals surface area contributed by atoms with Crippen LogP contribution in [0.2, 0.25) is 0 Å². The average molecular weight is 276 g/mol. The molecule has 104 valence electrons. The molecule has 0 saturated carbocycles. The van der Waals surface area contributed by atoms with Crippen LogP contribution in [0.3, 0.4) is 0 Å². The number of nitrogens with two attached hydrogens (primary N) is 1. The van der Waals surface area contributed by atoms with Gasteiger partial charge in [0, 0.05) is 14.1 Å². The Kier molecular flexibility index (Phi) is 3.75. The van der Waals surface area contributed by atoms with Crippen molar-refractivity contribution in [3.63, 3.8) is 0 Å². The van der Waals surface area contributed by atoms with E-state index in [-0.39, 0.29) is 17.3 Å². The highest BCUT2D eigenvalue weighted by atomic mass is 32.2. The average Bonchev–Trinajstić information content (AvgIpc) is 2.52. The van der Waals surface area contributed by atoms with E-state index < -0.39 is 15.6 Å². The molecule has 0 bridgehead atoms. The zero-order valence-corrected chi connectivity index (χ0v) is 12.1. The van der Waals surface area contributed by atoms with Crippen LogP contribution in [-0.2, 0) is 17.1 Å². The summed E-state index contributed by atoms with van der Waals surface area (Å²) >= 11 is 0. The van der Waals surface area contributed by atoms with Gasteiger partial charge in [-0.1, -0.05) is 0 Å². The van der Waals surface area contributed by atoms with Gasteiger partial charge >= 0.3 is 0 Å². The molecule has 0 radical (unpaired) electrons. The molecule has 0 spiro atoms. The number of likely N-dealkylation sites (N-methyl/N-ethyl adjacent to an activating group) is 1. The first-order valence-electron chi connectivity index (χ1n) is 5.44. The van der Waals surface area contributed by atoms with Crippen LogP contribution in [0.25, 0.3) is 0 Å². The smallest absolute Gasteiger partial charge is 0.248 e. The van der Waals surface area contributed by atoms with Crippen molar-refractivity contribution in [1.29, 1.82) is 0 Å². The maximum Gasteiger partial charge on any atom is 0.248 e. The van der Waals surface area contributed by atoms with Gasteiger partial charge in [-0.05, 0) is 20.8 Å². The van der Waals surface area contributed by atoms with E-state index in [4.69, 9.17) is 5.73 Å². The van der Waals surface area contributed by atoms with Gasteiger partial charge in [0.05, 0.1) is 17.8 Å². The van der Waals surface area contributed by atoms with E-state index in [0.29, 0.717) is 5.69 Å². The Balaban J connectivity index is 3.39. The molecular weight excluding hydrogens is 256 g/mol. The van der Waals surface area contributed by atoms with E-state index in [1.807, 2.05) is 0 Å². The number of aromatic nitrogens is 2. The lowest BCUT2D eigenvalue weighted by molar-refractivity contribution is 0.138. The predicted octanol–water partition coefficient (Wildman–Crippen LogP) is -0.298. The van der Waals surface area contributed by atoms with E-state index >= 15 is 0 Å². The van der Waals surface area contributed by atoms with Crippen LogP contribution in [0, 0.1) is 6.92 Å². The molecule has 18 heavy (non-hydrogen) atoms. The third-order valence-electron chi connectivity index (χ3n) is 3.16. The molecule has 7 nitrogen and oxygen atoms in total. The van der Waals surface area contributed by atoms with Crippen molar-refractivity contribution in [3.8, 4) is 0 Å². The van der Waals surface area contributed by atoms with Crippen molar-refractivity contribution in [2.45, 2.75) is 31.2 Å². The van der Waals surface area contributed by atoms with E-state index in [2.05, 4.69) is 5.10 Å². The third kappa shape index (κ3) is 2.23. The molecule has 1 rings (SSSR count). The van der Waals surface area contributed by atoms with Crippen LogP contribution >= 0.6 is 0 Å². The number of aryl methyl sites for hydroxylation is 1. The lowest BCUT2D eigenvalue weighted by atomic mass is 10.1. The summed E-state index contributed by atoms with van der Waals surface area (Å²) in [5.41, 5.74) is 5.21. The Labute approximate surface area is 107 Å². The minimum Gasteiger partial charge on any atom is -0.394 e. The fraction of sp³-hybridized carbons (Fsp3) is 0.700. The van der Waals surface area contributed by atoms with E-state index in [1.165, 1.54) is 11.7 Å². The van der Waals surface area contributed by atoms with Gasteiger partial charge in [0.25, 0.3) is 0 Å². The van der Waals surface area contributed by atoms with Crippen LogP contribution in [0.4, 0.5) is 5.82 Å². The summed E-state index contributed by atoms with van der Waals surface area (Å²) in [5, 5.41) is 13.2. The molecule has 0 aromatic carbocycles. The molecule has 8 heteroatoms. The van der Waals surface area contributed by atoms with Crippen molar-refractivity contribution in [2.75, 3.05) is 19.4 Å². The van der Waals surface area contributed by atoms with Crippen molar-refractivity contribution >= 4 is 15.8 Å². The summed E-state index contributed by atoms with van der Waals surface area (Å²) in [5.74, 6) is -0.0319. The molecule has 0 unspecified atom stereocenters. The van der Waals surface area contributed by atoms with Gasteiger partial charge in [0.2, 0.25) is 10.0 Å².